The normalized spacial score (nSPS) is 11.2. The van der Waals surface area contributed by atoms with Gasteiger partial charge in [-0.1, -0.05) is 32.9 Å². The van der Waals surface area contributed by atoms with Gasteiger partial charge in [0.25, 0.3) is 5.56 Å². The minimum absolute atomic E-state index is 0.0508. The Morgan fingerprint density at radius 1 is 1.24 bits per heavy atom. The zero-order valence-corrected chi connectivity index (χ0v) is 17.8. The summed E-state index contributed by atoms with van der Waals surface area (Å²) in [7, 11) is 1.48. The smallest absolute Gasteiger partial charge is 0.277 e. The van der Waals surface area contributed by atoms with E-state index in [9.17, 15) is 9.59 Å². The predicted octanol–water partition coefficient (Wildman–Crippen LogP) is 3.19. The van der Waals surface area contributed by atoms with E-state index in [0.29, 0.717) is 39.7 Å². The standard InChI is InChI=1S/C21H23N5O2S/c1-5-9-26-18-16(20(27)25(4)21(26)28)19(24-17(23-18)13(2)3)29-12-15-8-6-7-14(10-15)11-22/h6-8,10,13H,5,9,12H2,1-4H3. The molecule has 0 aliphatic carbocycles. The molecule has 0 spiro atoms. The molecule has 29 heavy (non-hydrogen) atoms. The lowest BCUT2D eigenvalue weighted by Crippen LogP contribution is -2.39. The van der Waals surface area contributed by atoms with Crippen molar-refractivity contribution < 1.29 is 0 Å². The van der Waals surface area contributed by atoms with Crippen LogP contribution in [0.25, 0.3) is 11.0 Å². The van der Waals surface area contributed by atoms with Gasteiger partial charge in [-0.15, -0.1) is 11.8 Å². The van der Waals surface area contributed by atoms with E-state index in [2.05, 4.69) is 16.0 Å². The molecule has 0 unspecified atom stereocenters. The van der Waals surface area contributed by atoms with Crippen molar-refractivity contribution in [2.75, 3.05) is 0 Å². The van der Waals surface area contributed by atoms with Crippen LogP contribution in [-0.2, 0) is 19.3 Å². The maximum atomic E-state index is 12.9. The van der Waals surface area contributed by atoms with Crippen molar-refractivity contribution in [2.45, 2.75) is 50.4 Å². The Bertz CT molecular complexity index is 1220. The van der Waals surface area contributed by atoms with Gasteiger partial charge in [-0.25, -0.2) is 14.8 Å². The van der Waals surface area contributed by atoms with Crippen LogP contribution in [0.2, 0.25) is 0 Å². The third-order valence-corrected chi connectivity index (χ3v) is 5.61. The predicted molar refractivity (Wildman–Crippen MR) is 114 cm³/mol. The van der Waals surface area contributed by atoms with Crippen molar-refractivity contribution in [2.24, 2.45) is 7.05 Å². The molecule has 1 aromatic carbocycles. The maximum Gasteiger partial charge on any atom is 0.332 e. The van der Waals surface area contributed by atoms with Crippen LogP contribution < -0.4 is 11.2 Å². The molecule has 0 N–H and O–H groups in total. The van der Waals surface area contributed by atoms with E-state index in [0.717, 1.165) is 16.6 Å². The van der Waals surface area contributed by atoms with E-state index in [1.807, 2.05) is 39.0 Å². The number of benzene rings is 1. The molecule has 3 rings (SSSR count). The fourth-order valence-electron chi connectivity index (χ4n) is 3.02. The molecule has 0 atom stereocenters. The highest BCUT2D eigenvalue weighted by atomic mass is 32.2. The number of nitriles is 1. The Morgan fingerprint density at radius 2 is 2.00 bits per heavy atom. The fraction of sp³-hybridized carbons (Fsp3) is 0.381. The Hall–Kier alpha value is -2.92. The van der Waals surface area contributed by atoms with Crippen molar-refractivity contribution >= 4 is 22.8 Å². The van der Waals surface area contributed by atoms with Crippen LogP contribution >= 0.6 is 11.8 Å². The number of aromatic nitrogens is 4. The SMILES string of the molecule is CCCn1c(=O)n(C)c(=O)c2c(SCc3cccc(C#N)c3)nc(C(C)C)nc21. The number of nitrogens with zero attached hydrogens (tertiary/aromatic N) is 5. The summed E-state index contributed by atoms with van der Waals surface area (Å²) in [6.45, 7) is 6.42. The van der Waals surface area contributed by atoms with Gasteiger partial charge in [-0.05, 0) is 24.1 Å². The molecule has 7 nitrogen and oxygen atoms in total. The first kappa shape index (κ1) is 20.8. The van der Waals surface area contributed by atoms with E-state index < -0.39 is 0 Å². The van der Waals surface area contributed by atoms with Gasteiger partial charge < -0.3 is 0 Å². The topological polar surface area (TPSA) is 93.6 Å². The summed E-state index contributed by atoms with van der Waals surface area (Å²) in [5, 5.41) is 10.0. The van der Waals surface area contributed by atoms with Crippen molar-refractivity contribution in [3.63, 3.8) is 0 Å². The first-order valence-corrected chi connectivity index (χ1v) is 10.5. The van der Waals surface area contributed by atoms with Crippen LogP contribution in [-0.4, -0.2) is 19.1 Å². The Kier molecular flexibility index (Phi) is 6.18. The van der Waals surface area contributed by atoms with Crippen molar-refractivity contribution in [1.29, 1.82) is 5.26 Å². The molecule has 0 radical (unpaired) electrons. The highest BCUT2D eigenvalue weighted by Gasteiger charge is 2.19. The third-order valence-electron chi connectivity index (χ3n) is 4.56. The third kappa shape index (κ3) is 4.10. The molecule has 0 bridgehead atoms. The van der Waals surface area contributed by atoms with Gasteiger partial charge >= 0.3 is 5.69 Å². The molecule has 2 aromatic heterocycles. The summed E-state index contributed by atoms with van der Waals surface area (Å²) < 4.78 is 2.68. The summed E-state index contributed by atoms with van der Waals surface area (Å²) in [5.74, 6) is 1.20. The Morgan fingerprint density at radius 3 is 2.66 bits per heavy atom. The molecule has 0 amide bonds. The first-order chi connectivity index (χ1) is 13.9. The summed E-state index contributed by atoms with van der Waals surface area (Å²) in [4.78, 5) is 34.8. The van der Waals surface area contributed by atoms with Gasteiger partial charge in [-0.3, -0.25) is 13.9 Å². The number of thioether (sulfide) groups is 1. The minimum atomic E-state index is -0.388. The summed E-state index contributed by atoms with van der Waals surface area (Å²) in [5.41, 5.74) is 1.19. The van der Waals surface area contributed by atoms with Gasteiger partial charge in [0, 0.05) is 25.3 Å². The number of fused-ring (bicyclic) bond motifs is 1. The van der Waals surface area contributed by atoms with Gasteiger partial charge in [0.2, 0.25) is 0 Å². The van der Waals surface area contributed by atoms with E-state index in [4.69, 9.17) is 5.26 Å². The van der Waals surface area contributed by atoms with E-state index in [-0.39, 0.29) is 17.2 Å². The van der Waals surface area contributed by atoms with Crippen molar-refractivity contribution in [1.82, 2.24) is 19.1 Å². The highest BCUT2D eigenvalue weighted by molar-refractivity contribution is 7.98. The molecule has 8 heteroatoms. The van der Waals surface area contributed by atoms with E-state index in [1.165, 1.54) is 18.8 Å². The van der Waals surface area contributed by atoms with Crippen molar-refractivity contribution in [3.05, 3.63) is 62.1 Å². The lowest BCUT2D eigenvalue weighted by atomic mass is 10.2. The zero-order valence-electron chi connectivity index (χ0n) is 17.0. The fourth-order valence-corrected chi connectivity index (χ4v) is 3.99. The number of hydrogen-bond acceptors (Lipinski definition) is 6. The van der Waals surface area contributed by atoms with Gasteiger partial charge in [-0.2, -0.15) is 5.26 Å². The Balaban J connectivity index is 2.20. The molecule has 2 heterocycles. The van der Waals surface area contributed by atoms with Gasteiger partial charge in [0.15, 0.2) is 5.65 Å². The summed E-state index contributed by atoms with van der Waals surface area (Å²) >= 11 is 1.42. The first-order valence-electron chi connectivity index (χ1n) is 9.50. The Labute approximate surface area is 173 Å². The van der Waals surface area contributed by atoms with Crippen LogP contribution in [0.4, 0.5) is 0 Å². The van der Waals surface area contributed by atoms with Gasteiger partial charge in [0.1, 0.15) is 16.2 Å². The summed E-state index contributed by atoms with van der Waals surface area (Å²) in [6, 6.07) is 9.49. The lowest BCUT2D eigenvalue weighted by Gasteiger charge is -2.15. The number of aryl methyl sites for hydroxylation is 1. The van der Waals surface area contributed by atoms with Crippen LogP contribution in [0.5, 0.6) is 0 Å². The second kappa shape index (κ2) is 8.62. The molecule has 0 saturated heterocycles. The number of hydrogen-bond donors (Lipinski definition) is 0. The molecule has 150 valence electrons. The van der Waals surface area contributed by atoms with Crippen LogP contribution in [0.3, 0.4) is 0 Å². The van der Waals surface area contributed by atoms with Crippen LogP contribution in [0.1, 0.15) is 50.1 Å². The van der Waals surface area contributed by atoms with Crippen LogP contribution in [0.15, 0.2) is 38.9 Å². The maximum absolute atomic E-state index is 12.9. The van der Waals surface area contributed by atoms with E-state index >= 15 is 0 Å². The molecule has 0 fully saturated rings. The molecular weight excluding hydrogens is 386 g/mol. The molecular formula is C21H23N5O2S. The zero-order chi connectivity index (χ0) is 21.1. The molecule has 3 aromatic rings. The minimum Gasteiger partial charge on any atom is -0.277 e. The van der Waals surface area contributed by atoms with Gasteiger partial charge in [0.05, 0.1) is 11.6 Å². The average Bonchev–Trinajstić information content (AvgIpc) is 2.73. The second-order valence-electron chi connectivity index (χ2n) is 7.14. The largest absolute Gasteiger partial charge is 0.332 e. The lowest BCUT2D eigenvalue weighted by molar-refractivity contribution is 0.603. The molecule has 0 aliphatic rings. The summed E-state index contributed by atoms with van der Waals surface area (Å²) in [6.07, 6.45) is 0.748. The van der Waals surface area contributed by atoms with Crippen LogP contribution in [0, 0.1) is 11.3 Å². The van der Waals surface area contributed by atoms with Crippen molar-refractivity contribution in [3.8, 4) is 6.07 Å². The highest BCUT2D eigenvalue weighted by Crippen LogP contribution is 2.27. The number of rotatable bonds is 6. The second-order valence-corrected chi connectivity index (χ2v) is 8.10. The monoisotopic (exact) mass is 409 g/mol. The van der Waals surface area contributed by atoms with E-state index in [1.54, 1.807) is 10.6 Å². The average molecular weight is 410 g/mol. The molecule has 0 aliphatic heterocycles. The quantitative estimate of drug-likeness (QED) is 0.458. The molecule has 0 saturated carbocycles.